The van der Waals surface area contributed by atoms with Crippen LogP contribution in [0.25, 0.3) is 0 Å². The van der Waals surface area contributed by atoms with Crippen molar-refractivity contribution in [3.05, 3.63) is 71.0 Å². The number of carbonyl (C=O) groups excluding carboxylic acids is 2. The minimum atomic E-state index is -1.81. The Labute approximate surface area is 273 Å². The Morgan fingerprint density at radius 2 is 1.40 bits per heavy atom. The molecule has 0 saturated carbocycles. The van der Waals surface area contributed by atoms with E-state index in [0.29, 0.717) is 11.1 Å². The molecule has 7 atom stereocenters. The molecule has 2 aromatic carbocycles. The van der Waals surface area contributed by atoms with Gasteiger partial charge in [0.05, 0.1) is 44.7 Å². The van der Waals surface area contributed by atoms with Crippen LogP contribution in [-0.4, -0.2) is 121 Å². The highest BCUT2D eigenvalue weighted by atomic mass is 16.8. The number of phenolic OH excluding ortho intramolecular Hbond substituents is 4. The number of aromatic hydroxyl groups is 4. The van der Waals surface area contributed by atoms with E-state index in [1.54, 1.807) is 0 Å². The number of hydrogen-bond donors (Lipinski definition) is 9. The topological polar surface area (TPSA) is 262 Å². The molecule has 0 aliphatic carbocycles. The van der Waals surface area contributed by atoms with Crippen LogP contribution < -0.4 is 0 Å². The third kappa shape index (κ3) is 8.93. The summed E-state index contributed by atoms with van der Waals surface area (Å²) >= 11 is 0. The Balaban J connectivity index is 1.51. The van der Waals surface area contributed by atoms with Gasteiger partial charge in [-0.2, -0.15) is 0 Å². The zero-order valence-electron chi connectivity index (χ0n) is 25.5. The van der Waals surface area contributed by atoms with Crippen LogP contribution >= 0.6 is 0 Å². The van der Waals surface area contributed by atoms with E-state index in [2.05, 4.69) is 0 Å². The first-order valence-electron chi connectivity index (χ1n) is 14.9. The van der Waals surface area contributed by atoms with E-state index in [9.17, 15) is 55.5 Å². The maximum Gasteiger partial charge on any atom is 0.337 e. The molecule has 262 valence electrons. The molecule has 16 heteroatoms. The minimum Gasteiger partial charge on any atom is -0.504 e. The third-order valence-corrected chi connectivity index (χ3v) is 7.77. The van der Waals surface area contributed by atoms with E-state index in [1.165, 1.54) is 42.5 Å². The second-order valence-electron chi connectivity index (χ2n) is 11.0. The van der Waals surface area contributed by atoms with Crippen LogP contribution in [0.1, 0.15) is 17.5 Å². The summed E-state index contributed by atoms with van der Waals surface area (Å²) in [7, 11) is 0. The molecule has 2 heterocycles. The van der Waals surface area contributed by atoms with Crippen molar-refractivity contribution < 1.29 is 79.2 Å². The van der Waals surface area contributed by atoms with Crippen molar-refractivity contribution >= 4 is 11.9 Å². The minimum absolute atomic E-state index is 0.0211. The van der Waals surface area contributed by atoms with Crippen molar-refractivity contribution in [2.45, 2.75) is 56.3 Å². The molecular weight excluding hydrogens is 640 g/mol. The maximum absolute atomic E-state index is 13.3. The highest BCUT2D eigenvalue weighted by molar-refractivity contribution is 5.91. The van der Waals surface area contributed by atoms with Crippen LogP contribution in [0.3, 0.4) is 0 Å². The molecule has 0 aromatic heterocycles. The average Bonchev–Trinajstić information content (AvgIpc) is 3.06. The normalized spacial score (nSPS) is 26.4. The molecule has 0 amide bonds. The lowest BCUT2D eigenvalue weighted by Crippen LogP contribution is -2.60. The number of ether oxygens (including phenoxy) is 5. The molecule has 48 heavy (non-hydrogen) atoms. The van der Waals surface area contributed by atoms with Crippen molar-refractivity contribution in [1.29, 1.82) is 0 Å². The monoisotopic (exact) mass is 678 g/mol. The lowest BCUT2D eigenvalue weighted by molar-refractivity contribution is -0.327. The number of esters is 2. The molecule has 16 nitrogen and oxygen atoms in total. The van der Waals surface area contributed by atoms with Gasteiger partial charge in [-0.3, -0.25) is 4.79 Å². The number of benzene rings is 2. The first-order chi connectivity index (χ1) is 22.9. The number of aliphatic hydroxyl groups is 5. The molecule has 0 spiro atoms. The predicted molar refractivity (Wildman–Crippen MR) is 160 cm³/mol. The second kappa shape index (κ2) is 16.6. The molecular formula is C32H38O16. The van der Waals surface area contributed by atoms with E-state index in [-0.39, 0.29) is 60.2 Å². The molecule has 1 saturated heterocycles. The van der Waals surface area contributed by atoms with E-state index in [4.69, 9.17) is 23.7 Å². The lowest BCUT2D eigenvalue weighted by Gasteiger charge is -2.42. The van der Waals surface area contributed by atoms with Crippen LogP contribution in [0.5, 0.6) is 23.0 Å². The highest BCUT2D eigenvalue weighted by Crippen LogP contribution is 2.36. The molecule has 0 unspecified atom stereocenters. The Kier molecular flexibility index (Phi) is 12.6. The smallest absolute Gasteiger partial charge is 0.337 e. The average molecular weight is 679 g/mol. The van der Waals surface area contributed by atoms with Gasteiger partial charge in [0.2, 0.25) is 6.29 Å². The number of phenols is 4. The van der Waals surface area contributed by atoms with Crippen molar-refractivity contribution in [2.24, 2.45) is 5.92 Å². The number of aliphatic hydroxyl groups excluding tert-OH is 5. The van der Waals surface area contributed by atoms with Crippen LogP contribution in [0, 0.1) is 5.92 Å². The van der Waals surface area contributed by atoms with Crippen molar-refractivity contribution in [3.8, 4) is 23.0 Å². The molecule has 2 aliphatic heterocycles. The Morgan fingerprint density at radius 3 is 1.96 bits per heavy atom. The number of carbonyl (C=O) groups is 2. The number of rotatable bonds is 13. The van der Waals surface area contributed by atoms with E-state index >= 15 is 0 Å². The Morgan fingerprint density at radius 1 is 0.792 bits per heavy atom. The Hall–Kier alpha value is -4.42. The van der Waals surface area contributed by atoms with Gasteiger partial charge in [-0.1, -0.05) is 18.2 Å². The summed E-state index contributed by atoms with van der Waals surface area (Å²) < 4.78 is 27.5. The van der Waals surface area contributed by atoms with Gasteiger partial charge in [-0.05, 0) is 35.4 Å². The third-order valence-electron chi connectivity index (χ3n) is 7.77. The summed E-state index contributed by atoms with van der Waals surface area (Å²) in [5.74, 6) is -4.21. The lowest BCUT2D eigenvalue weighted by atomic mass is 9.86. The van der Waals surface area contributed by atoms with Gasteiger partial charge < -0.3 is 69.6 Å². The summed E-state index contributed by atoms with van der Waals surface area (Å²) in [6, 6.07) is 8.21. The van der Waals surface area contributed by atoms with Crippen LogP contribution in [0.2, 0.25) is 0 Å². The Bertz CT molecular complexity index is 1490. The van der Waals surface area contributed by atoms with Gasteiger partial charge in [-0.25, -0.2) is 4.79 Å². The van der Waals surface area contributed by atoms with E-state index in [0.717, 1.165) is 6.26 Å². The van der Waals surface area contributed by atoms with Gasteiger partial charge in [0.1, 0.15) is 24.4 Å². The molecule has 9 N–H and O–H groups in total. The summed E-state index contributed by atoms with van der Waals surface area (Å²) in [6.07, 6.45) is -7.71. The molecule has 0 bridgehead atoms. The quantitative estimate of drug-likeness (QED) is 0.0725. The van der Waals surface area contributed by atoms with Crippen molar-refractivity contribution in [2.75, 3.05) is 26.4 Å². The summed E-state index contributed by atoms with van der Waals surface area (Å²) in [6.45, 7) is -1.66. The van der Waals surface area contributed by atoms with Crippen LogP contribution in [-0.2, 0) is 46.1 Å². The zero-order chi connectivity index (χ0) is 35.0. The van der Waals surface area contributed by atoms with Crippen molar-refractivity contribution in [1.82, 2.24) is 0 Å². The van der Waals surface area contributed by atoms with E-state index < -0.39 is 74.5 Å². The van der Waals surface area contributed by atoms with Crippen molar-refractivity contribution in [3.63, 3.8) is 0 Å². The predicted octanol–water partition coefficient (Wildman–Crippen LogP) is -0.638. The first-order valence-corrected chi connectivity index (χ1v) is 14.9. The van der Waals surface area contributed by atoms with Gasteiger partial charge in [0.15, 0.2) is 29.3 Å². The molecule has 2 aliphatic rings. The summed E-state index contributed by atoms with van der Waals surface area (Å²) in [4.78, 5) is 26.3. The first kappa shape index (κ1) is 36.4. The fourth-order valence-electron chi connectivity index (χ4n) is 5.12. The zero-order valence-corrected chi connectivity index (χ0v) is 25.5. The van der Waals surface area contributed by atoms with Crippen LogP contribution in [0.4, 0.5) is 0 Å². The second-order valence-corrected chi connectivity index (χ2v) is 11.0. The molecule has 1 fully saturated rings. The summed E-state index contributed by atoms with van der Waals surface area (Å²) in [5.41, 5.74) is 0.956. The summed E-state index contributed by atoms with van der Waals surface area (Å²) in [5, 5.41) is 88.6. The standard InChI is InChI=1S/C32H38O16/c33-8-5-18-19(13-26(39)44-9-6-16-1-3-21(35)23(37)11-16)20(30(43)45-10-7-17-2-4-22(36)24(38)12-17)15-46-31(18)48-32-29(42)28(41)27(40)25(14-34)47-32/h1-5,11-12,15,19,25,27-29,31-38,40-42H,6-10,13-14H2/t19-,25+,27+,28-,29+,31-,32-/m0/s1. The van der Waals surface area contributed by atoms with Gasteiger partial charge in [0, 0.05) is 24.3 Å². The van der Waals surface area contributed by atoms with Crippen LogP contribution in [0.15, 0.2) is 59.9 Å². The molecule has 4 rings (SSSR count). The van der Waals surface area contributed by atoms with Gasteiger partial charge >= 0.3 is 11.9 Å². The molecule has 0 radical (unpaired) electrons. The SMILES string of the molecule is O=C(C[C@@H]1C(C(=O)OCCc2ccc(O)c(O)c2)=CO[C@@H](O[C@@H]2O[C@H](CO)[C@@H](O)[C@H](O)[C@H]2O)C1=CCO)OCCc1ccc(O)c(O)c1. The highest BCUT2D eigenvalue weighted by Gasteiger charge is 2.47. The fourth-order valence-corrected chi connectivity index (χ4v) is 5.12. The maximum atomic E-state index is 13.3. The van der Waals surface area contributed by atoms with E-state index in [1.807, 2.05) is 0 Å². The fraction of sp³-hybridized carbons (Fsp3) is 0.438. The van der Waals surface area contributed by atoms with Gasteiger partial charge in [0.25, 0.3) is 0 Å². The largest absolute Gasteiger partial charge is 0.504 e. The van der Waals surface area contributed by atoms with Gasteiger partial charge in [-0.15, -0.1) is 0 Å². The number of hydrogen-bond acceptors (Lipinski definition) is 16. The molecule has 2 aromatic rings.